The van der Waals surface area contributed by atoms with E-state index in [0.29, 0.717) is 49.2 Å². The number of hydrogen-bond acceptors (Lipinski definition) is 6. The average Bonchev–Trinajstić information content (AvgIpc) is 3.35. The Kier molecular flexibility index (Phi) is 6.28. The molecule has 1 amide bonds. The number of morpholine rings is 1. The number of carbonyl (C=O) groups excluding carboxylic acids is 1. The lowest BCUT2D eigenvalue weighted by Gasteiger charge is -2.31. The summed E-state index contributed by atoms with van der Waals surface area (Å²) in [5.41, 5.74) is 4.22. The summed E-state index contributed by atoms with van der Waals surface area (Å²) < 4.78 is 16.8. The van der Waals surface area contributed by atoms with Crippen LogP contribution >= 0.6 is 0 Å². The first-order chi connectivity index (χ1) is 16.2. The van der Waals surface area contributed by atoms with Gasteiger partial charge in [-0.3, -0.25) is 14.8 Å². The molecule has 1 fully saturated rings. The number of H-pyrrole nitrogens is 1. The Morgan fingerprint density at radius 2 is 1.82 bits per heavy atom. The quantitative estimate of drug-likeness (QED) is 0.603. The van der Waals surface area contributed by atoms with Gasteiger partial charge in [0.05, 0.1) is 36.7 Å². The Bertz CT molecular complexity index is 1110. The molecule has 1 unspecified atom stereocenters. The van der Waals surface area contributed by atoms with Crippen molar-refractivity contribution in [2.75, 3.05) is 46.1 Å². The third-order valence-electron chi connectivity index (χ3n) is 6.04. The van der Waals surface area contributed by atoms with E-state index in [4.69, 9.17) is 14.2 Å². The zero-order valence-corrected chi connectivity index (χ0v) is 18.7. The van der Waals surface area contributed by atoms with Gasteiger partial charge in [0.1, 0.15) is 13.2 Å². The normalized spacial score (nSPS) is 16.9. The smallest absolute Gasteiger partial charge is 0.255 e. The molecule has 1 saturated heterocycles. The summed E-state index contributed by atoms with van der Waals surface area (Å²) in [7, 11) is 0. The maximum Gasteiger partial charge on any atom is 0.255 e. The third-order valence-corrected chi connectivity index (χ3v) is 6.04. The van der Waals surface area contributed by atoms with Crippen molar-refractivity contribution in [2.45, 2.75) is 13.0 Å². The second-order valence-electron chi connectivity index (χ2n) is 8.37. The van der Waals surface area contributed by atoms with Gasteiger partial charge in [0.2, 0.25) is 0 Å². The molecule has 2 aromatic carbocycles. The van der Waals surface area contributed by atoms with E-state index in [1.165, 1.54) is 5.56 Å². The van der Waals surface area contributed by atoms with Crippen LogP contribution in [0.1, 0.15) is 27.5 Å². The molecule has 0 radical (unpaired) electrons. The van der Waals surface area contributed by atoms with E-state index in [2.05, 4.69) is 51.6 Å². The lowest BCUT2D eigenvalue weighted by atomic mass is 10.0. The molecule has 0 spiro atoms. The molecule has 0 aliphatic carbocycles. The van der Waals surface area contributed by atoms with Gasteiger partial charge < -0.3 is 19.5 Å². The monoisotopic (exact) mass is 448 g/mol. The lowest BCUT2D eigenvalue weighted by molar-refractivity contribution is 0.0332. The molecule has 33 heavy (non-hydrogen) atoms. The molecule has 2 aliphatic heterocycles. The second kappa shape index (κ2) is 9.64. The number of rotatable bonds is 6. The Morgan fingerprint density at radius 1 is 1.06 bits per heavy atom. The number of aryl methyl sites for hydroxylation is 1. The Labute approximate surface area is 192 Å². The molecule has 2 N–H and O–H groups in total. The third kappa shape index (κ3) is 4.86. The van der Waals surface area contributed by atoms with E-state index in [9.17, 15) is 4.79 Å². The van der Waals surface area contributed by atoms with Crippen LogP contribution in [0.25, 0.3) is 11.3 Å². The van der Waals surface area contributed by atoms with Gasteiger partial charge in [-0.25, -0.2) is 0 Å². The van der Waals surface area contributed by atoms with Crippen molar-refractivity contribution in [3.63, 3.8) is 0 Å². The van der Waals surface area contributed by atoms with E-state index in [1.807, 2.05) is 18.2 Å². The summed E-state index contributed by atoms with van der Waals surface area (Å²) in [5, 5.41) is 10.4. The van der Waals surface area contributed by atoms with Crippen molar-refractivity contribution in [1.29, 1.82) is 0 Å². The van der Waals surface area contributed by atoms with Crippen LogP contribution in [-0.2, 0) is 4.74 Å². The molecule has 1 atom stereocenters. The molecule has 0 bridgehead atoms. The fourth-order valence-corrected chi connectivity index (χ4v) is 4.19. The first kappa shape index (κ1) is 21.5. The van der Waals surface area contributed by atoms with Crippen molar-refractivity contribution in [2.24, 2.45) is 0 Å². The number of aromatic nitrogens is 2. The van der Waals surface area contributed by atoms with Gasteiger partial charge in [0, 0.05) is 25.2 Å². The van der Waals surface area contributed by atoms with Gasteiger partial charge in [-0.15, -0.1) is 0 Å². The van der Waals surface area contributed by atoms with Crippen molar-refractivity contribution >= 4 is 5.91 Å². The van der Waals surface area contributed by atoms with Gasteiger partial charge in [-0.2, -0.15) is 5.10 Å². The molecule has 1 aromatic heterocycles. The Morgan fingerprint density at radius 3 is 2.61 bits per heavy atom. The summed E-state index contributed by atoms with van der Waals surface area (Å²) in [6, 6.07) is 13.8. The summed E-state index contributed by atoms with van der Waals surface area (Å²) in [5.74, 6) is 1.21. The molecule has 8 heteroatoms. The molecule has 8 nitrogen and oxygen atoms in total. The number of hydrogen-bond donors (Lipinski definition) is 2. The van der Waals surface area contributed by atoms with Gasteiger partial charge >= 0.3 is 0 Å². The standard InChI is InChI=1S/C25H28N4O4/c1-17-2-4-18(5-3-17)21(16-29-8-10-31-11-9-29)27-25(30)20-15-26-28-24(20)19-6-7-22-23(14-19)33-13-12-32-22/h2-7,14-15,21H,8-13,16H2,1H3,(H,26,28)(H,27,30). The number of fused-ring (bicyclic) bond motifs is 1. The molecule has 3 heterocycles. The van der Waals surface area contributed by atoms with Crippen LogP contribution in [0.5, 0.6) is 11.5 Å². The lowest BCUT2D eigenvalue weighted by Crippen LogP contribution is -2.43. The van der Waals surface area contributed by atoms with E-state index in [-0.39, 0.29) is 11.9 Å². The minimum Gasteiger partial charge on any atom is -0.486 e. The summed E-state index contributed by atoms with van der Waals surface area (Å²) in [6.07, 6.45) is 1.57. The van der Waals surface area contributed by atoms with Crippen LogP contribution in [0.3, 0.4) is 0 Å². The average molecular weight is 449 g/mol. The Balaban J connectivity index is 1.38. The van der Waals surface area contributed by atoms with Crippen molar-refractivity contribution < 1.29 is 19.0 Å². The molecule has 2 aliphatic rings. The minimum absolute atomic E-state index is 0.154. The molecule has 3 aromatic rings. The molecule has 172 valence electrons. The molecule has 5 rings (SSSR count). The highest BCUT2D eigenvalue weighted by Crippen LogP contribution is 2.35. The summed E-state index contributed by atoms with van der Waals surface area (Å²) in [4.78, 5) is 15.7. The van der Waals surface area contributed by atoms with E-state index < -0.39 is 0 Å². The fraction of sp³-hybridized carbons (Fsp3) is 0.360. The first-order valence-corrected chi connectivity index (χ1v) is 11.3. The topological polar surface area (TPSA) is 88.7 Å². The minimum atomic E-state index is -0.174. The highest BCUT2D eigenvalue weighted by Gasteiger charge is 2.24. The number of nitrogens with zero attached hydrogens (tertiary/aromatic N) is 2. The molecular formula is C25H28N4O4. The van der Waals surface area contributed by atoms with Crippen molar-refractivity contribution in [3.8, 4) is 22.8 Å². The largest absolute Gasteiger partial charge is 0.486 e. The van der Waals surface area contributed by atoms with Gasteiger partial charge in [0.15, 0.2) is 11.5 Å². The number of amides is 1. The number of benzene rings is 2. The Hall–Kier alpha value is -3.36. The van der Waals surface area contributed by atoms with Crippen LogP contribution in [0.2, 0.25) is 0 Å². The predicted octanol–water partition coefficient (Wildman–Crippen LogP) is 2.96. The number of ether oxygens (including phenoxy) is 3. The van der Waals surface area contributed by atoms with E-state index in [1.54, 1.807) is 6.20 Å². The van der Waals surface area contributed by atoms with Gasteiger partial charge in [0.25, 0.3) is 5.91 Å². The SMILES string of the molecule is Cc1ccc(C(CN2CCOCC2)NC(=O)c2cn[nH]c2-c2ccc3c(c2)OCCO3)cc1. The number of carbonyl (C=O) groups is 1. The van der Waals surface area contributed by atoms with E-state index >= 15 is 0 Å². The molecular weight excluding hydrogens is 420 g/mol. The fourth-order valence-electron chi connectivity index (χ4n) is 4.19. The van der Waals surface area contributed by atoms with Gasteiger partial charge in [-0.05, 0) is 30.7 Å². The highest BCUT2D eigenvalue weighted by atomic mass is 16.6. The van der Waals surface area contributed by atoms with Crippen LogP contribution in [0.15, 0.2) is 48.7 Å². The molecule has 0 saturated carbocycles. The second-order valence-corrected chi connectivity index (χ2v) is 8.37. The summed E-state index contributed by atoms with van der Waals surface area (Å²) in [6.45, 7) is 6.95. The maximum atomic E-state index is 13.4. The van der Waals surface area contributed by atoms with Gasteiger partial charge in [-0.1, -0.05) is 29.8 Å². The summed E-state index contributed by atoms with van der Waals surface area (Å²) >= 11 is 0. The number of nitrogens with one attached hydrogen (secondary N) is 2. The van der Waals surface area contributed by atoms with Crippen LogP contribution < -0.4 is 14.8 Å². The van der Waals surface area contributed by atoms with Crippen LogP contribution in [-0.4, -0.2) is 67.1 Å². The maximum absolute atomic E-state index is 13.4. The van der Waals surface area contributed by atoms with Crippen molar-refractivity contribution in [1.82, 2.24) is 20.4 Å². The number of aromatic amines is 1. The van der Waals surface area contributed by atoms with E-state index in [0.717, 1.165) is 30.8 Å². The predicted molar refractivity (Wildman–Crippen MR) is 124 cm³/mol. The highest BCUT2D eigenvalue weighted by molar-refractivity contribution is 6.00. The zero-order valence-electron chi connectivity index (χ0n) is 18.7. The van der Waals surface area contributed by atoms with Crippen LogP contribution in [0, 0.1) is 6.92 Å². The van der Waals surface area contributed by atoms with Crippen molar-refractivity contribution in [3.05, 3.63) is 65.4 Å². The van der Waals surface area contributed by atoms with Crippen LogP contribution in [0.4, 0.5) is 0 Å². The zero-order chi connectivity index (χ0) is 22.6. The first-order valence-electron chi connectivity index (χ1n) is 11.3.